The number of nitrogens with zero attached hydrogens (tertiary/aromatic N) is 6. The SMILES string of the molecule is O=C(O)c1ccccn1.[C-]#[N+]c1ccc2c(c1)N(C)c1cc(C#N)c[c-]c1[C@@]2(c1ccccn1)c1cccc(-c2[c-]cccc2)n1.[Ir]. The Labute approximate surface area is 285 Å². The summed E-state index contributed by atoms with van der Waals surface area (Å²) in [4.78, 5) is 29.5. The van der Waals surface area contributed by atoms with Gasteiger partial charge in [0.05, 0.1) is 17.7 Å². The molecule has 7 rings (SSSR count). The smallest absolute Gasteiger partial charge is 0.354 e. The van der Waals surface area contributed by atoms with Crippen LogP contribution in [0.4, 0.5) is 17.1 Å². The summed E-state index contributed by atoms with van der Waals surface area (Å²) in [7, 11) is 1.95. The van der Waals surface area contributed by atoms with Crippen LogP contribution in [0, 0.1) is 30.0 Å². The molecule has 1 aliphatic rings. The van der Waals surface area contributed by atoms with Gasteiger partial charge in [0.2, 0.25) is 0 Å². The number of aromatic carboxylic acids is 1. The second kappa shape index (κ2) is 14.0. The van der Waals surface area contributed by atoms with Crippen molar-refractivity contribution in [2.24, 2.45) is 0 Å². The van der Waals surface area contributed by atoms with Crippen LogP contribution in [0.25, 0.3) is 16.1 Å². The largest absolute Gasteiger partial charge is 0.477 e. The zero-order chi connectivity index (χ0) is 32.1. The Morgan fingerprint density at radius 1 is 0.915 bits per heavy atom. The summed E-state index contributed by atoms with van der Waals surface area (Å²) in [6.45, 7) is 7.62. The van der Waals surface area contributed by atoms with E-state index in [-0.39, 0.29) is 25.8 Å². The molecule has 1 N–H and O–H groups in total. The molecule has 6 aromatic rings. The van der Waals surface area contributed by atoms with E-state index in [9.17, 15) is 10.1 Å². The third kappa shape index (κ3) is 6.02. The first-order valence-electron chi connectivity index (χ1n) is 14.2. The zero-order valence-electron chi connectivity index (χ0n) is 24.9. The van der Waals surface area contributed by atoms with Gasteiger partial charge in [-0.2, -0.15) is 12.1 Å². The van der Waals surface area contributed by atoms with E-state index >= 15 is 0 Å². The molecular weight excluding hydrogens is 765 g/mol. The van der Waals surface area contributed by atoms with Crippen molar-refractivity contribution in [2.45, 2.75) is 5.41 Å². The van der Waals surface area contributed by atoms with Gasteiger partial charge >= 0.3 is 5.97 Å². The maximum atomic E-state index is 10.1. The van der Waals surface area contributed by atoms with Crippen LogP contribution in [0.1, 0.15) is 38.6 Å². The molecule has 229 valence electrons. The number of anilines is 2. The van der Waals surface area contributed by atoms with Gasteiger partial charge in [-0.1, -0.05) is 47.6 Å². The molecule has 4 heterocycles. The second-order valence-electron chi connectivity index (χ2n) is 10.3. The third-order valence-corrected chi connectivity index (χ3v) is 7.71. The Bertz CT molecular complexity index is 2060. The van der Waals surface area contributed by atoms with Gasteiger partial charge in [0.25, 0.3) is 0 Å². The number of benzene rings is 3. The van der Waals surface area contributed by atoms with Crippen LogP contribution < -0.4 is 4.90 Å². The number of rotatable bonds is 4. The number of hydrogen-bond acceptors (Lipinski definition) is 6. The predicted octanol–water partition coefficient (Wildman–Crippen LogP) is 7.41. The molecule has 0 fully saturated rings. The van der Waals surface area contributed by atoms with Crippen LogP contribution in [0.2, 0.25) is 0 Å². The van der Waals surface area contributed by atoms with Crippen molar-refractivity contribution in [3.05, 3.63) is 179 Å². The molecular formula is C38H24IrN6O2-2. The van der Waals surface area contributed by atoms with Crippen LogP contribution in [0.3, 0.4) is 0 Å². The number of fused-ring (bicyclic) bond motifs is 2. The molecule has 0 aliphatic carbocycles. The predicted molar refractivity (Wildman–Crippen MR) is 174 cm³/mol. The third-order valence-electron chi connectivity index (χ3n) is 7.71. The Morgan fingerprint density at radius 2 is 1.68 bits per heavy atom. The Morgan fingerprint density at radius 3 is 2.32 bits per heavy atom. The van der Waals surface area contributed by atoms with Gasteiger partial charge in [0, 0.05) is 49.9 Å². The monoisotopic (exact) mass is 789 g/mol. The van der Waals surface area contributed by atoms with E-state index in [1.54, 1.807) is 24.4 Å². The molecule has 0 unspecified atom stereocenters. The number of hydrogen-bond donors (Lipinski definition) is 1. The molecule has 0 saturated carbocycles. The van der Waals surface area contributed by atoms with Gasteiger partial charge in [0.15, 0.2) is 5.69 Å². The first-order chi connectivity index (χ1) is 22.5. The van der Waals surface area contributed by atoms with E-state index < -0.39 is 11.4 Å². The van der Waals surface area contributed by atoms with Gasteiger partial charge in [0.1, 0.15) is 5.69 Å². The van der Waals surface area contributed by atoms with E-state index in [1.807, 2.05) is 96.9 Å². The minimum Gasteiger partial charge on any atom is -0.477 e. The number of carbonyl (C=O) groups is 1. The van der Waals surface area contributed by atoms with E-state index in [4.69, 9.17) is 21.6 Å². The van der Waals surface area contributed by atoms with Gasteiger partial charge in [-0.15, -0.1) is 47.5 Å². The number of nitriles is 1. The first kappa shape index (κ1) is 32.4. The van der Waals surface area contributed by atoms with Crippen LogP contribution in [0.15, 0.2) is 122 Å². The summed E-state index contributed by atoms with van der Waals surface area (Å²) >= 11 is 0. The summed E-state index contributed by atoms with van der Waals surface area (Å²) in [6, 6.07) is 42.6. The fourth-order valence-corrected chi connectivity index (χ4v) is 5.65. The molecule has 1 aliphatic heterocycles. The Balaban J connectivity index is 0.000000377. The molecule has 8 nitrogen and oxygen atoms in total. The molecule has 3 aromatic heterocycles. The van der Waals surface area contributed by atoms with E-state index in [0.29, 0.717) is 11.3 Å². The van der Waals surface area contributed by atoms with Crippen LogP contribution in [0.5, 0.6) is 0 Å². The average Bonchev–Trinajstić information content (AvgIpc) is 3.13. The summed E-state index contributed by atoms with van der Waals surface area (Å²) in [6.07, 6.45) is 3.23. The zero-order valence-corrected chi connectivity index (χ0v) is 27.3. The topological polar surface area (TPSA) is 107 Å². The van der Waals surface area contributed by atoms with Crippen LogP contribution >= 0.6 is 0 Å². The number of carboxylic acid groups (broad SMARTS) is 1. The Hall–Kier alpha value is -5.99. The van der Waals surface area contributed by atoms with Gasteiger partial charge < -0.3 is 10.0 Å². The van der Waals surface area contributed by atoms with Crippen molar-refractivity contribution in [3.8, 4) is 17.3 Å². The van der Waals surface area contributed by atoms with E-state index in [1.165, 1.54) is 12.3 Å². The molecule has 0 spiro atoms. The second-order valence-corrected chi connectivity index (χ2v) is 10.3. The quantitative estimate of drug-likeness (QED) is 0.186. The van der Waals surface area contributed by atoms with Crippen molar-refractivity contribution in [2.75, 3.05) is 11.9 Å². The molecule has 1 radical (unpaired) electrons. The number of carboxylic acids is 1. The van der Waals surface area contributed by atoms with Crippen molar-refractivity contribution < 1.29 is 30.0 Å². The molecule has 3 aromatic carbocycles. The van der Waals surface area contributed by atoms with Gasteiger partial charge in [-0.25, -0.2) is 19.9 Å². The molecule has 0 bridgehead atoms. The van der Waals surface area contributed by atoms with E-state index in [0.717, 1.165) is 45.1 Å². The summed E-state index contributed by atoms with van der Waals surface area (Å²) in [5.74, 6) is -0.990. The minimum absolute atomic E-state index is 0. The molecule has 0 amide bonds. The summed E-state index contributed by atoms with van der Waals surface area (Å²) in [5.41, 5.74) is 6.88. The number of aromatic nitrogens is 3. The van der Waals surface area contributed by atoms with Crippen LogP contribution in [-0.4, -0.2) is 33.1 Å². The van der Waals surface area contributed by atoms with Crippen molar-refractivity contribution in [1.29, 1.82) is 5.26 Å². The van der Waals surface area contributed by atoms with Crippen LogP contribution in [-0.2, 0) is 25.5 Å². The van der Waals surface area contributed by atoms with Crippen molar-refractivity contribution in [3.63, 3.8) is 0 Å². The van der Waals surface area contributed by atoms with Crippen molar-refractivity contribution >= 4 is 23.0 Å². The summed E-state index contributed by atoms with van der Waals surface area (Å²) < 4.78 is 0. The average molecular weight is 789 g/mol. The van der Waals surface area contributed by atoms with Crippen molar-refractivity contribution in [1.82, 2.24) is 15.0 Å². The molecule has 1 atom stereocenters. The standard InChI is InChI=1S/C32H19N5.C6H5NO2.Ir/c1-34-24-15-17-26-29(20-24)37(2)28-19-22(21-33)14-16-25(28)32(26,30-12-6-7-18-35-30)31-13-8-11-27(36-31)23-9-4-3-5-10-23;8-6(9)5-3-1-2-4-7-5;/h3-9,11-15,17-20H,2H3;1-4H,(H,8,9);/q-2;;/t32-;;/m1../s1. The molecule has 0 saturated heterocycles. The fourth-order valence-electron chi connectivity index (χ4n) is 5.65. The summed E-state index contributed by atoms with van der Waals surface area (Å²) in [5, 5.41) is 18.0. The van der Waals surface area contributed by atoms with Gasteiger partial charge in [-0.3, -0.25) is 9.97 Å². The van der Waals surface area contributed by atoms with E-state index in [2.05, 4.69) is 28.0 Å². The maximum absolute atomic E-state index is 10.1. The molecule has 47 heavy (non-hydrogen) atoms. The fraction of sp³-hybridized carbons (Fsp3) is 0.0526. The van der Waals surface area contributed by atoms with Gasteiger partial charge in [-0.05, 0) is 54.7 Å². The molecule has 9 heteroatoms. The number of pyridine rings is 3. The Kier molecular flexibility index (Phi) is 9.63. The normalized spacial score (nSPS) is 14.1. The first-order valence-corrected chi connectivity index (χ1v) is 14.2. The minimum atomic E-state index is -0.990. The maximum Gasteiger partial charge on any atom is 0.354 e.